The van der Waals surface area contributed by atoms with E-state index in [1.54, 1.807) is 0 Å². The fourth-order valence-electron chi connectivity index (χ4n) is 1.11. The van der Waals surface area contributed by atoms with Crippen LogP contribution in [0.15, 0.2) is 0 Å². The van der Waals surface area contributed by atoms with Crippen LogP contribution in [0.3, 0.4) is 0 Å². The van der Waals surface area contributed by atoms with Gasteiger partial charge in [0.2, 0.25) is 0 Å². The summed E-state index contributed by atoms with van der Waals surface area (Å²) in [5.74, 6) is 0.572. The van der Waals surface area contributed by atoms with E-state index in [9.17, 15) is 4.79 Å². The lowest BCUT2D eigenvalue weighted by Crippen LogP contribution is -2.26. The molecule has 0 saturated carbocycles. The van der Waals surface area contributed by atoms with E-state index in [0.29, 0.717) is 12.5 Å². The van der Waals surface area contributed by atoms with E-state index >= 15 is 0 Å². The predicted molar refractivity (Wildman–Crippen MR) is 34.2 cm³/mol. The molecule has 0 unspecified atom stereocenters. The molecule has 1 heterocycles. The molecule has 52 valence electrons. The molecule has 0 aliphatic carbocycles. The van der Waals surface area contributed by atoms with Crippen LogP contribution < -0.4 is 0 Å². The maximum atomic E-state index is 10.9. The molecule has 0 aromatic carbocycles. The number of hydrogen-bond donors (Lipinski definition) is 0. The highest BCUT2D eigenvalue weighted by Gasteiger charge is 2.19. The number of carbonyl (C=O) groups is 1. The Bertz CT molecular complexity index is 109. The van der Waals surface area contributed by atoms with Gasteiger partial charge in [-0.1, -0.05) is 6.92 Å². The van der Waals surface area contributed by atoms with Gasteiger partial charge in [0, 0.05) is 12.5 Å². The first-order chi connectivity index (χ1) is 4.34. The quantitative estimate of drug-likeness (QED) is 0.526. The van der Waals surface area contributed by atoms with E-state index in [4.69, 9.17) is 4.74 Å². The maximum Gasteiger partial charge on any atom is 0.161 e. The normalized spacial score (nSPS) is 28.6. The van der Waals surface area contributed by atoms with Gasteiger partial charge in [-0.05, 0) is 12.8 Å². The Kier molecular flexibility index (Phi) is 2.22. The predicted octanol–water partition coefficient (Wildman–Crippen LogP) is 1.00. The van der Waals surface area contributed by atoms with Crippen LogP contribution in [0.1, 0.15) is 19.8 Å². The van der Waals surface area contributed by atoms with Gasteiger partial charge < -0.3 is 4.74 Å². The van der Waals surface area contributed by atoms with E-state index < -0.39 is 0 Å². The van der Waals surface area contributed by atoms with E-state index in [1.165, 1.54) is 0 Å². The molecule has 2 nitrogen and oxygen atoms in total. The summed E-state index contributed by atoms with van der Waals surface area (Å²) in [5.41, 5.74) is 0. The van der Waals surface area contributed by atoms with E-state index in [0.717, 1.165) is 19.4 Å². The summed E-state index contributed by atoms with van der Waals surface area (Å²) in [6.45, 7) is 3.16. The third-order valence-electron chi connectivity index (χ3n) is 1.80. The molecule has 0 spiro atoms. The number of hydrogen-bond acceptors (Lipinski definition) is 2. The summed E-state index contributed by atoms with van der Waals surface area (Å²) in [4.78, 5) is 10.9. The van der Waals surface area contributed by atoms with Crippen molar-refractivity contribution in [3.8, 4) is 0 Å². The highest BCUT2D eigenvalue weighted by molar-refractivity contribution is 5.82. The molecule has 0 aromatic heterocycles. The molecule has 1 fully saturated rings. The summed E-state index contributed by atoms with van der Waals surface area (Å²) >= 11 is 0. The molecule has 0 N–H and O–H groups in total. The lowest BCUT2D eigenvalue weighted by atomic mass is 9.96. The van der Waals surface area contributed by atoms with Crippen molar-refractivity contribution in [1.82, 2.24) is 0 Å². The van der Waals surface area contributed by atoms with Gasteiger partial charge >= 0.3 is 0 Å². The van der Waals surface area contributed by atoms with Crippen molar-refractivity contribution in [2.75, 3.05) is 13.2 Å². The second kappa shape index (κ2) is 2.97. The molecule has 0 radical (unpaired) electrons. The molecular formula is C7H12O2. The molecule has 1 rings (SSSR count). The van der Waals surface area contributed by atoms with Crippen LogP contribution in [0.2, 0.25) is 0 Å². The largest absolute Gasteiger partial charge is 0.374 e. The van der Waals surface area contributed by atoms with Crippen molar-refractivity contribution in [2.45, 2.75) is 19.8 Å². The van der Waals surface area contributed by atoms with E-state index in [1.807, 2.05) is 6.92 Å². The van der Waals surface area contributed by atoms with Crippen molar-refractivity contribution in [3.05, 3.63) is 0 Å². The van der Waals surface area contributed by atoms with Gasteiger partial charge in [0.1, 0.15) is 6.61 Å². The zero-order chi connectivity index (χ0) is 6.69. The second-order valence-corrected chi connectivity index (χ2v) is 2.41. The van der Waals surface area contributed by atoms with Crippen LogP contribution in [-0.4, -0.2) is 19.0 Å². The summed E-state index contributed by atoms with van der Waals surface area (Å²) in [7, 11) is 0. The SMILES string of the molecule is CC[C@@H]1CCOCC1=O. The first-order valence-corrected chi connectivity index (χ1v) is 3.45. The zero-order valence-corrected chi connectivity index (χ0v) is 5.72. The summed E-state index contributed by atoms with van der Waals surface area (Å²) < 4.78 is 4.96. The van der Waals surface area contributed by atoms with Crippen LogP contribution in [0.4, 0.5) is 0 Å². The molecule has 1 saturated heterocycles. The first kappa shape index (κ1) is 6.75. The molecule has 2 heteroatoms. The van der Waals surface area contributed by atoms with Crippen molar-refractivity contribution in [1.29, 1.82) is 0 Å². The number of carbonyl (C=O) groups excluding carboxylic acids is 1. The zero-order valence-electron chi connectivity index (χ0n) is 5.72. The Balaban J connectivity index is 2.39. The highest BCUT2D eigenvalue weighted by atomic mass is 16.5. The Hall–Kier alpha value is -0.370. The van der Waals surface area contributed by atoms with Crippen molar-refractivity contribution >= 4 is 5.78 Å². The third kappa shape index (κ3) is 1.52. The average Bonchev–Trinajstić information content (AvgIpc) is 1.89. The number of rotatable bonds is 1. The average molecular weight is 128 g/mol. The Morgan fingerprint density at radius 2 is 2.56 bits per heavy atom. The van der Waals surface area contributed by atoms with Crippen LogP contribution >= 0.6 is 0 Å². The van der Waals surface area contributed by atoms with Crippen LogP contribution in [0, 0.1) is 5.92 Å². The van der Waals surface area contributed by atoms with Crippen molar-refractivity contribution in [3.63, 3.8) is 0 Å². The Morgan fingerprint density at radius 1 is 1.78 bits per heavy atom. The lowest BCUT2D eigenvalue weighted by Gasteiger charge is -2.18. The molecule has 1 aliphatic heterocycles. The summed E-state index contributed by atoms with van der Waals surface area (Å²) in [6.07, 6.45) is 1.90. The standard InChI is InChI=1S/C7H12O2/c1-2-6-3-4-9-5-7(6)8/h6H,2-5H2,1H3/t6-/m1/s1. The van der Waals surface area contributed by atoms with Gasteiger partial charge in [0.05, 0.1) is 0 Å². The minimum Gasteiger partial charge on any atom is -0.374 e. The van der Waals surface area contributed by atoms with Gasteiger partial charge in [-0.2, -0.15) is 0 Å². The molecule has 1 atom stereocenters. The van der Waals surface area contributed by atoms with Crippen molar-refractivity contribution < 1.29 is 9.53 Å². The monoisotopic (exact) mass is 128 g/mol. The smallest absolute Gasteiger partial charge is 0.161 e. The fraction of sp³-hybridized carbons (Fsp3) is 0.857. The van der Waals surface area contributed by atoms with E-state index in [-0.39, 0.29) is 5.78 Å². The molecule has 0 aromatic rings. The first-order valence-electron chi connectivity index (χ1n) is 3.45. The number of Topliss-reactive ketones (excluding diaryl/α,β-unsaturated/α-hetero) is 1. The summed E-state index contributed by atoms with van der Waals surface area (Å²) in [5, 5.41) is 0. The summed E-state index contributed by atoms with van der Waals surface area (Å²) in [6, 6.07) is 0. The molecular weight excluding hydrogens is 116 g/mol. The Labute approximate surface area is 55.2 Å². The third-order valence-corrected chi connectivity index (χ3v) is 1.80. The van der Waals surface area contributed by atoms with E-state index in [2.05, 4.69) is 0 Å². The Morgan fingerprint density at radius 3 is 3.00 bits per heavy atom. The minimum atomic E-state index is 0.281. The minimum absolute atomic E-state index is 0.281. The van der Waals surface area contributed by atoms with Gasteiger partial charge in [-0.25, -0.2) is 0 Å². The van der Waals surface area contributed by atoms with Gasteiger partial charge in [-0.3, -0.25) is 4.79 Å². The number of ketones is 1. The fourth-order valence-corrected chi connectivity index (χ4v) is 1.11. The van der Waals surface area contributed by atoms with Crippen LogP contribution in [-0.2, 0) is 9.53 Å². The number of ether oxygens (including phenoxy) is 1. The highest BCUT2D eigenvalue weighted by Crippen LogP contribution is 2.13. The molecule has 0 bridgehead atoms. The molecule has 9 heavy (non-hydrogen) atoms. The van der Waals surface area contributed by atoms with Crippen molar-refractivity contribution in [2.24, 2.45) is 5.92 Å². The van der Waals surface area contributed by atoms with Gasteiger partial charge in [0.25, 0.3) is 0 Å². The second-order valence-electron chi connectivity index (χ2n) is 2.41. The van der Waals surface area contributed by atoms with Gasteiger partial charge in [-0.15, -0.1) is 0 Å². The van der Waals surface area contributed by atoms with Crippen LogP contribution in [0.5, 0.6) is 0 Å². The lowest BCUT2D eigenvalue weighted by molar-refractivity contribution is -0.132. The van der Waals surface area contributed by atoms with Crippen LogP contribution in [0.25, 0.3) is 0 Å². The van der Waals surface area contributed by atoms with Gasteiger partial charge in [0.15, 0.2) is 5.78 Å². The topological polar surface area (TPSA) is 26.3 Å². The molecule has 0 amide bonds. The maximum absolute atomic E-state index is 10.9. The molecule has 1 aliphatic rings.